The summed E-state index contributed by atoms with van der Waals surface area (Å²) in [6.07, 6.45) is 2.39. The summed E-state index contributed by atoms with van der Waals surface area (Å²) in [7, 11) is 0. The summed E-state index contributed by atoms with van der Waals surface area (Å²) in [5, 5.41) is 6.74. The van der Waals surface area contributed by atoms with Crippen molar-refractivity contribution in [3.8, 4) is 0 Å². The maximum absolute atomic E-state index is 12.8. The molecule has 0 fully saturated rings. The van der Waals surface area contributed by atoms with Crippen LogP contribution in [0.2, 0.25) is 5.02 Å². The predicted octanol–water partition coefficient (Wildman–Crippen LogP) is 2.85. The zero-order valence-electron chi connectivity index (χ0n) is 14.6. The normalized spacial score (nSPS) is 10.9. The van der Waals surface area contributed by atoms with E-state index in [1.165, 1.54) is 0 Å². The standard InChI is InChI=1S/C19H22ClN5O/c1-2-16-18(25-12-14(20)5-8-17(25)24-16)19(26)23-11-13-3-6-15(7-4-13)22-10-9-21/h3-8,12,22H,2,9-11,21H2,1H3,(H,23,26). The van der Waals surface area contributed by atoms with E-state index in [0.29, 0.717) is 35.9 Å². The Morgan fingerprint density at radius 3 is 2.69 bits per heavy atom. The summed E-state index contributed by atoms with van der Waals surface area (Å²) >= 11 is 6.08. The summed E-state index contributed by atoms with van der Waals surface area (Å²) in [6, 6.07) is 11.5. The van der Waals surface area contributed by atoms with Crippen molar-refractivity contribution in [1.82, 2.24) is 14.7 Å². The first-order chi connectivity index (χ1) is 12.6. The smallest absolute Gasteiger partial charge is 0.270 e. The molecule has 0 bridgehead atoms. The van der Waals surface area contributed by atoms with Crippen molar-refractivity contribution in [2.75, 3.05) is 18.4 Å². The Bertz CT molecular complexity index is 904. The van der Waals surface area contributed by atoms with Gasteiger partial charge >= 0.3 is 0 Å². The van der Waals surface area contributed by atoms with Gasteiger partial charge in [-0.15, -0.1) is 0 Å². The van der Waals surface area contributed by atoms with Crippen molar-refractivity contribution >= 4 is 28.8 Å². The topological polar surface area (TPSA) is 84.5 Å². The average molecular weight is 372 g/mol. The molecule has 0 aliphatic carbocycles. The highest BCUT2D eigenvalue weighted by molar-refractivity contribution is 6.30. The number of pyridine rings is 1. The predicted molar refractivity (Wildman–Crippen MR) is 105 cm³/mol. The van der Waals surface area contributed by atoms with Gasteiger partial charge in [-0.2, -0.15) is 0 Å². The maximum atomic E-state index is 12.8. The van der Waals surface area contributed by atoms with Gasteiger partial charge in [0.2, 0.25) is 0 Å². The van der Waals surface area contributed by atoms with Gasteiger partial charge in [0, 0.05) is 31.5 Å². The average Bonchev–Trinajstić information content (AvgIpc) is 3.03. The van der Waals surface area contributed by atoms with Crippen LogP contribution in [0.25, 0.3) is 5.65 Å². The number of hydrogen-bond acceptors (Lipinski definition) is 4. The van der Waals surface area contributed by atoms with E-state index in [-0.39, 0.29) is 5.91 Å². The number of nitrogens with two attached hydrogens (primary N) is 1. The van der Waals surface area contributed by atoms with Gasteiger partial charge in [-0.3, -0.25) is 9.20 Å². The van der Waals surface area contributed by atoms with Gasteiger partial charge in [0.15, 0.2) is 0 Å². The Balaban J connectivity index is 1.74. The molecule has 0 aliphatic heterocycles. The van der Waals surface area contributed by atoms with E-state index in [1.807, 2.05) is 37.3 Å². The number of anilines is 1. The lowest BCUT2D eigenvalue weighted by Crippen LogP contribution is -2.25. The van der Waals surface area contributed by atoms with Crippen LogP contribution >= 0.6 is 11.6 Å². The minimum atomic E-state index is -0.165. The molecule has 0 atom stereocenters. The molecule has 3 aromatic rings. The molecule has 0 saturated heterocycles. The van der Waals surface area contributed by atoms with Gasteiger partial charge in [-0.05, 0) is 36.2 Å². The van der Waals surface area contributed by atoms with Crippen LogP contribution in [0.3, 0.4) is 0 Å². The third-order valence-electron chi connectivity index (χ3n) is 4.09. The van der Waals surface area contributed by atoms with Crippen LogP contribution in [0.5, 0.6) is 0 Å². The van der Waals surface area contributed by atoms with Gasteiger partial charge in [0.05, 0.1) is 10.7 Å². The number of aryl methyl sites for hydroxylation is 1. The van der Waals surface area contributed by atoms with Crippen LogP contribution in [0.4, 0.5) is 5.69 Å². The summed E-state index contributed by atoms with van der Waals surface area (Å²) < 4.78 is 1.75. The highest BCUT2D eigenvalue weighted by atomic mass is 35.5. The number of halogens is 1. The van der Waals surface area contributed by atoms with Crippen molar-refractivity contribution in [2.24, 2.45) is 5.73 Å². The molecule has 2 heterocycles. The molecule has 1 amide bonds. The highest BCUT2D eigenvalue weighted by Crippen LogP contribution is 2.17. The molecule has 0 aliphatic rings. The van der Waals surface area contributed by atoms with Gasteiger partial charge < -0.3 is 16.4 Å². The Morgan fingerprint density at radius 1 is 1.23 bits per heavy atom. The maximum Gasteiger partial charge on any atom is 0.270 e. The van der Waals surface area contributed by atoms with Crippen molar-refractivity contribution in [3.05, 3.63) is 64.6 Å². The number of carbonyl (C=O) groups is 1. The lowest BCUT2D eigenvalue weighted by Gasteiger charge is -2.09. The molecule has 1 aromatic carbocycles. The number of carbonyl (C=O) groups excluding carboxylic acids is 1. The van der Waals surface area contributed by atoms with E-state index < -0.39 is 0 Å². The van der Waals surface area contributed by atoms with Crippen molar-refractivity contribution in [2.45, 2.75) is 19.9 Å². The van der Waals surface area contributed by atoms with Gasteiger partial charge in [0.1, 0.15) is 11.3 Å². The zero-order chi connectivity index (χ0) is 18.5. The molecule has 0 spiro atoms. The molecule has 6 nitrogen and oxygen atoms in total. The lowest BCUT2D eigenvalue weighted by atomic mass is 10.2. The summed E-state index contributed by atoms with van der Waals surface area (Å²) in [5.41, 5.74) is 9.51. The lowest BCUT2D eigenvalue weighted by molar-refractivity contribution is 0.0944. The molecule has 136 valence electrons. The fourth-order valence-corrected chi connectivity index (χ4v) is 2.94. The van der Waals surface area contributed by atoms with E-state index in [0.717, 1.165) is 23.5 Å². The molecule has 2 aromatic heterocycles. The summed E-state index contributed by atoms with van der Waals surface area (Å²) in [5.74, 6) is -0.165. The number of amides is 1. The second-order valence-electron chi connectivity index (χ2n) is 5.93. The summed E-state index contributed by atoms with van der Waals surface area (Å²) in [6.45, 7) is 3.73. The molecular formula is C19H22ClN5O. The first-order valence-corrected chi connectivity index (χ1v) is 8.97. The number of imidazole rings is 1. The number of nitrogens with zero attached hydrogens (tertiary/aromatic N) is 2. The van der Waals surface area contributed by atoms with Crippen LogP contribution in [0.1, 0.15) is 28.7 Å². The molecule has 0 radical (unpaired) electrons. The number of benzene rings is 1. The second-order valence-corrected chi connectivity index (χ2v) is 6.37. The number of fused-ring (bicyclic) bond motifs is 1. The molecular weight excluding hydrogens is 350 g/mol. The fourth-order valence-electron chi connectivity index (χ4n) is 2.78. The highest BCUT2D eigenvalue weighted by Gasteiger charge is 2.18. The van der Waals surface area contributed by atoms with Gasteiger partial charge in [-0.1, -0.05) is 30.7 Å². The van der Waals surface area contributed by atoms with Crippen molar-refractivity contribution < 1.29 is 4.79 Å². The monoisotopic (exact) mass is 371 g/mol. The van der Waals surface area contributed by atoms with E-state index in [1.54, 1.807) is 16.7 Å². The van der Waals surface area contributed by atoms with E-state index in [2.05, 4.69) is 15.6 Å². The molecule has 0 saturated carbocycles. The first kappa shape index (κ1) is 18.2. The minimum Gasteiger partial charge on any atom is -0.384 e. The van der Waals surface area contributed by atoms with Crippen LogP contribution in [-0.4, -0.2) is 28.4 Å². The van der Waals surface area contributed by atoms with E-state index >= 15 is 0 Å². The van der Waals surface area contributed by atoms with Gasteiger partial charge in [-0.25, -0.2) is 4.98 Å². The molecule has 4 N–H and O–H groups in total. The molecule has 26 heavy (non-hydrogen) atoms. The van der Waals surface area contributed by atoms with Crippen LogP contribution in [0, 0.1) is 0 Å². The quantitative estimate of drug-likeness (QED) is 0.596. The number of nitrogens with one attached hydrogen (secondary N) is 2. The third-order valence-corrected chi connectivity index (χ3v) is 4.31. The Hall–Kier alpha value is -2.57. The van der Waals surface area contributed by atoms with E-state index in [4.69, 9.17) is 17.3 Å². The third kappa shape index (κ3) is 3.98. The van der Waals surface area contributed by atoms with Crippen LogP contribution in [-0.2, 0) is 13.0 Å². The fraction of sp³-hybridized carbons (Fsp3) is 0.263. The van der Waals surface area contributed by atoms with Gasteiger partial charge in [0.25, 0.3) is 5.91 Å². The minimum absolute atomic E-state index is 0.165. The number of hydrogen-bond donors (Lipinski definition) is 3. The number of aromatic nitrogens is 2. The van der Waals surface area contributed by atoms with E-state index in [9.17, 15) is 4.79 Å². The zero-order valence-corrected chi connectivity index (χ0v) is 15.4. The largest absolute Gasteiger partial charge is 0.384 e. The molecule has 0 unspecified atom stereocenters. The van der Waals surface area contributed by atoms with Crippen molar-refractivity contribution in [1.29, 1.82) is 0 Å². The molecule has 3 rings (SSSR count). The number of rotatable bonds is 7. The summed E-state index contributed by atoms with van der Waals surface area (Å²) in [4.78, 5) is 17.3. The Kier molecular flexibility index (Phi) is 5.75. The second kappa shape index (κ2) is 8.21. The van der Waals surface area contributed by atoms with Crippen LogP contribution in [0.15, 0.2) is 42.6 Å². The Labute approximate surface area is 157 Å². The van der Waals surface area contributed by atoms with Crippen LogP contribution < -0.4 is 16.4 Å². The molecule has 7 heteroatoms. The SMILES string of the molecule is CCc1nc2ccc(Cl)cn2c1C(=O)NCc1ccc(NCCN)cc1. The Morgan fingerprint density at radius 2 is 2.00 bits per heavy atom. The van der Waals surface area contributed by atoms with Crippen molar-refractivity contribution in [3.63, 3.8) is 0 Å². The first-order valence-electron chi connectivity index (χ1n) is 8.60.